The van der Waals surface area contributed by atoms with E-state index >= 15 is 0 Å². The molecule has 0 aromatic carbocycles. The van der Waals surface area contributed by atoms with Crippen LogP contribution in [0.5, 0.6) is 0 Å². The molecule has 0 spiro atoms. The Hall–Kier alpha value is -2.95. The molecule has 8 heteroatoms. The lowest BCUT2D eigenvalue weighted by molar-refractivity contribution is -0.126. The zero-order chi connectivity index (χ0) is 17.7. The number of nitrogens with two attached hydrogens (primary N) is 1. The number of nitriles is 1. The van der Waals surface area contributed by atoms with Gasteiger partial charge in [-0.3, -0.25) is 14.9 Å². The van der Waals surface area contributed by atoms with Gasteiger partial charge in [0.1, 0.15) is 5.69 Å². The van der Waals surface area contributed by atoms with Crippen LogP contribution in [0.15, 0.2) is 12.3 Å². The molecule has 1 aromatic rings. The van der Waals surface area contributed by atoms with E-state index in [1.54, 1.807) is 6.07 Å². The van der Waals surface area contributed by atoms with E-state index in [2.05, 4.69) is 26.5 Å². The van der Waals surface area contributed by atoms with Crippen molar-refractivity contribution in [2.75, 3.05) is 18.0 Å². The second kappa shape index (κ2) is 7.55. The third-order valence-corrected chi connectivity index (χ3v) is 3.95. The van der Waals surface area contributed by atoms with E-state index < -0.39 is 11.8 Å². The predicted molar refractivity (Wildman–Crippen MR) is 88.3 cm³/mol. The van der Waals surface area contributed by atoms with Gasteiger partial charge in [0.2, 0.25) is 5.91 Å². The number of piperidine rings is 1. The topological polar surface area (TPSA) is 125 Å². The van der Waals surface area contributed by atoms with Crippen LogP contribution in [0.25, 0.3) is 5.57 Å². The van der Waals surface area contributed by atoms with E-state index in [4.69, 9.17) is 11.0 Å². The van der Waals surface area contributed by atoms with Crippen LogP contribution in [0.2, 0.25) is 0 Å². The molecule has 0 atom stereocenters. The fraction of sp³-hybridized carbons (Fsp3) is 0.438. The molecule has 8 nitrogen and oxygen atoms in total. The molecule has 1 aromatic heterocycles. The SMILES string of the molecule is CC(=O)NC(=O)/C(=C\N)c1cc(N2CCC(C#N)CC2)c(C)nn1. The Morgan fingerprint density at radius 2 is 2.08 bits per heavy atom. The molecule has 126 valence electrons. The van der Waals surface area contributed by atoms with E-state index in [1.807, 2.05) is 6.92 Å². The summed E-state index contributed by atoms with van der Waals surface area (Å²) in [6.07, 6.45) is 2.69. The van der Waals surface area contributed by atoms with Crippen molar-refractivity contribution in [2.24, 2.45) is 11.7 Å². The van der Waals surface area contributed by atoms with E-state index in [0.717, 1.165) is 43.5 Å². The number of rotatable bonds is 3. The molecule has 0 saturated carbocycles. The molecule has 3 N–H and O–H groups in total. The van der Waals surface area contributed by atoms with Gasteiger partial charge in [0, 0.05) is 32.1 Å². The summed E-state index contributed by atoms with van der Waals surface area (Å²) in [4.78, 5) is 25.2. The van der Waals surface area contributed by atoms with Gasteiger partial charge in [0.05, 0.1) is 23.0 Å². The molecule has 2 amide bonds. The number of anilines is 1. The highest BCUT2D eigenvalue weighted by Crippen LogP contribution is 2.26. The summed E-state index contributed by atoms with van der Waals surface area (Å²) in [6.45, 7) is 4.57. The number of aromatic nitrogens is 2. The Morgan fingerprint density at radius 1 is 1.42 bits per heavy atom. The van der Waals surface area contributed by atoms with Gasteiger partial charge in [-0.2, -0.15) is 10.4 Å². The molecule has 24 heavy (non-hydrogen) atoms. The Bertz CT molecular complexity index is 714. The zero-order valence-corrected chi connectivity index (χ0v) is 13.7. The molecule has 1 saturated heterocycles. The van der Waals surface area contributed by atoms with Crippen molar-refractivity contribution in [3.05, 3.63) is 23.7 Å². The fourth-order valence-electron chi connectivity index (χ4n) is 2.65. The zero-order valence-electron chi connectivity index (χ0n) is 13.7. The van der Waals surface area contributed by atoms with Gasteiger partial charge < -0.3 is 10.6 Å². The van der Waals surface area contributed by atoms with Crippen LogP contribution in [0, 0.1) is 24.2 Å². The third kappa shape index (κ3) is 3.87. The highest BCUT2D eigenvalue weighted by atomic mass is 16.2. The van der Waals surface area contributed by atoms with Crippen LogP contribution in [-0.2, 0) is 9.59 Å². The quantitative estimate of drug-likeness (QED) is 0.773. The summed E-state index contributed by atoms with van der Waals surface area (Å²) in [7, 11) is 0. The minimum Gasteiger partial charge on any atom is -0.404 e. The van der Waals surface area contributed by atoms with E-state index in [0.29, 0.717) is 5.69 Å². The van der Waals surface area contributed by atoms with Crippen molar-refractivity contribution in [3.8, 4) is 6.07 Å². The maximum Gasteiger partial charge on any atom is 0.261 e. The number of nitrogens with one attached hydrogen (secondary N) is 1. The molecule has 1 fully saturated rings. The van der Waals surface area contributed by atoms with Crippen molar-refractivity contribution in [1.82, 2.24) is 15.5 Å². The molecule has 0 unspecified atom stereocenters. The molecule has 1 aliphatic heterocycles. The van der Waals surface area contributed by atoms with Crippen molar-refractivity contribution in [3.63, 3.8) is 0 Å². The van der Waals surface area contributed by atoms with Gasteiger partial charge in [0.25, 0.3) is 5.91 Å². The minimum absolute atomic E-state index is 0.0802. The Balaban J connectivity index is 2.26. The molecular weight excluding hydrogens is 308 g/mol. The number of carbonyl (C=O) groups excluding carboxylic acids is 2. The standard InChI is InChI=1S/C16H20N6O2/c1-10-15(22-5-3-12(8-17)4-6-22)7-14(21-20-10)13(9-18)16(24)19-11(2)23/h7,9,12H,3-6,18H2,1-2H3,(H,19,23,24)/b13-9-. The van der Waals surface area contributed by atoms with E-state index in [1.165, 1.54) is 6.92 Å². The number of imide groups is 1. The highest BCUT2D eigenvalue weighted by Gasteiger charge is 2.22. The second-order valence-electron chi connectivity index (χ2n) is 5.68. The number of hydrogen-bond acceptors (Lipinski definition) is 7. The van der Waals surface area contributed by atoms with Crippen molar-refractivity contribution in [1.29, 1.82) is 5.26 Å². The molecule has 2 heterocycles. The number of nitrogens with zero attached hydrogens (tertiary/aromatic N) is 4. The monoisotopic (exact) mass is 328 g/mol. The van der Waals surface area contributed by atoms with Gasteiger partial charge in [-0.25, -0.2) is 0 Å². The highest BCUT2D eigenvalue weighted by molar-refractivity contribution is 6.22. The van der Waals surface area contributed by atoms with Crippen LogP contribution in [-0.4, -0.2) is 35.1 Å². The first kappa shape index (κ1) is 17.4. The summed E-state index contributed by atoms with van der Waals surface area (Å²) in [5.41, 5.74) is 7.51. The smallest absolute Gasteiger partial charge is 0.261 e. The first-order valence-electron chi connectivity index (χ1n) is 7.69. The maximum absolute atomic E-state index is 12.0. The molecule has 0 radical (unpaired) electrons. The van der Waals surface area contributed by atoms with Crippen molar-refractivity contribution >= 4 is 23.1 Å². The fourth-order valence-corrected chi connectivity index (χ4v) is 2.65. The summed E-state index contributed by atoms with van der Waals surface area (Å²) in [5, 5.41) is 19.3. The van der Waals surface area contributed by atoms with Crippen LogP contribution in [0.3, 0.4) is 0 Å². The van der Waals surface area contributed by atoms with Gasteiger partial charge >= 0.3 is 0 Å². The summed E-state index contributed by atoms with van der Waals surface area (Å²) >= 11 is 0. The van der Waals surface area contributed by atoms with Crippen molar-refractivity contribution < 1.29 is 9.59 Å². The normalized spacial score (nSPS) is 15.7. The van der Waals surface area contributed by atoms with Crippen LogP contribution >= 0.6 is 0 Å². The number of carbonyl (C=O) groups is 2. The van der Waals surface area contributed by atoms with Gasteiger partial charge in [0.15, 0.2) is 0 Å². The van der Waals surface area contributed by atoms with Crippen LogP contribution in [0.4, 0.5) is 5.69 Å². The summed E-state index contributed by atoms with van der Waals surface area (Å²) in [5.74, 6) is -1.01. The third-order valence-electron chi connectivity index (χ3n) is 3.95. The second-order valence-corrected chi connectivity index (χ2v) is 5.68. The first-order valence-corrected chi connectivity index (χ1v) is 7.69. The average molecular weight is 328 g/mol. The minimum atomic E-state index is -0.614. The Labute approximate surface area is 140 Å². The molecule has 0 aliphatic carbocycles. The maximum atomic E-state index is 12.0. The predicted octanol–water partition coefficient (Wildman–Crippen LogP) is 0.487. The summed E-state index contributed by atoms with van der Waals surface area (Å²) < 4.78 is 0. The van der Waals surface area contributed by atoms with Gasteiger partial charge in [-0.15, -0.1) is 5.10 Å². The largest absolute Gasteiger partial charge is 0.404 e. The Morgan fingerprint density at radius 3 is 2.62 bits per heavy atom. The summed E-state index contributed by atoms with van der Waals surface area (Å²) in [6, 6.07) is 4.04. The van der Waals surface area contributed by atoms with E-state index in [-0.39, 0.29) is 11.5 Å². The molecule has 0 bridgehead atoms. The number of amides is 2. The average Bonchev–Trinajstić information content (AvgIpc) is 2.56. The number of hydrogen-bond donors (Lipinski definition) is 2. The van der Waals surface area contributed by atoms with Gasteiger partial charge in [-0.05, 0) is 25.8 Å². The lowest BCUT2D eigenvalue weighted by Gasteiger charge is -2.31. The molecule has 2 rings (SSSR count). The van der Waals surface area contributed by atoms with Gasteiger partial charge in [-0.1, -0.05) is 0 Å². The van der Waals surface area contributed by atoms with Crippen molar-refractivity contribution in [2.45, 2.75) is 26.7 Å². The van der Waals surface area contributed by atoms with Crippen LogP contribution < -0.4 is 16.0 Å². The Kier molecular flexibility index (Phi) is 5.47. The molecule has 1 aliphatic rings. The molecular formula is C16H20N6O2. The first-order chi connectivity index (χ1) is 11.5. The lowest BCUT2D eigenvalue weighted by Crippen LogP contribution is -2.34. The number of aryl methyl sites for hydroxylation is 1. The van der Waals surface area contributed by atoms with Crippen LogP contribution in [0.1, 0.15) is 31.2 Å². The van der Waals surface area contributed by atoms with E-state index in [9.17, 15) is 9.59 Å². The lowest BCUT2D eigenvalue weighted by atomic mass is 9.98.